The molecule has 130 valence electrons. The molecule has 0 unspecified atom stereocenters. The summed E-state index contributed by atoms with van der Waals surface area (Å²) in [6, 6.07) is 11.8. The van der Waals surface area contributed by atoms with E-state index in [-0.39, 0.29) is 5.91 Å². The van der Waals surface area contributed by atoms with Crippen molar-refractivity contribution in [3.8, 4) is 0 Å². The van der Waals surface area contributed by atoms with Gasteiger partial charge in [0.25, 0.3) is 5.91 Å². The topological polar surface area (TPSA) is 72.7 Å². The molecule has 0 atom stereocenters. The Kier molecular flexibility index (Phi) is 4.22. The van der Waals surface area contributed by atoms with Crippen LogP contribution in [0.25, 0.3) is 10.2 Å². The Hall–Kier alpha value is -3.06. The molecule has 0 saturated heterocycles. The fourth-order valence-electron chi connectivity index (χ4n) is 2.81. The van der Waals surface area contributed by atoms with E-state index in [1.165, 1.54) is 17.1 Å². The molecule has 26 heavy (non-hydrogen) atoms. The van der Waals surface area contributed by atoms with Crippen LogP contribution in [0.5, 0.6) is 0 Å². The van der Waals surface area contributed by atoms with E-state index in [1.807, 2.05) is 25.1 Å². The van der Waals surface area contributed by atoms with Crippen LogP contribution < -0.4 is 5.32 Å². The number of hydrogen-bond donors (Lipinski definition) is 1. The van der Waals surface area contributed by atoms with Gasteiger partial charge in [0, 0.05) is 17.6 Å². The standard InChI is InChI=1S/C19H17N5OS/c1-12-4-3-5-14(8-12)11-24-17(6-7-21-24)22-18(25)15-9-16-13(2)23-26-19(16)20-10-15/h3-10H,11H2,1-2H3,(H,22,25). The molecule has 4 aromatic rings. The van der Waals surface area contributed by atoms with E-state index in [0.717, 1.165) is 21.5 Å². The molecule has 1 aromatic carbocycles. The first-order valence-corrected chi connectivity index (χ1v) is 8.98. The number of aryl methyl sites for hydroxylation is 2. The second kappa shape index (κ2) is 6.68. The fourth-order valence-corrected chi connectivity index (χ4v) is 3.53. The average molecular weight is 363 g/mol. The first-order chi connectivity index (χ1) is 12.6. The van der Waals surface area contributed by atoms with Gasteiger partial charge in [-0.1, -0.05) is 29.8 Å². The third kappa shape index (κ3) is 3.21. The van der Waals surface area contributed by atoms with Crippen LogP contribution in [0.4, 0.5) is 5.82 Å². The zero-order valence-electron chi connectivity index (χ0n) is 14.4. The van der Waals surface area contributed by atoms with Gasteiger partial charge in [-0.15, -0.1) is 0 Å². The van der Waals surface area contributed by atoms with Gasteiger partial charge in [-0.2, -0.15) is 9.47 Å². The van der Waals surface area contributed by atoms with Crippen molar-refractivity contribution in [3.05, 3.63) is 71.2 Å². The highest BCUT2D eigenvalue weighted by Gasteiger charge is 2.13. The van der Waals surface area contributed by atoms with Crippen molar-refractivity contribution in [2.45, 2.75) is 20.4 Å². The SMILES string of the molecule is Cc1cccc(Cn2nccc2NC(=O)c2cnc3snc(C)c3c2)c1. The van der Waals surface area contributed by atoms with E-state index < -0.39 is 0 Å². The number of rotatable bonds is 4. The van der Waals surface area contributed by atoms with E-state index in [0.29, 0.717) is 17.9 Å². The normalized spacial score (nSPS) is 11.0. The maximum atomic E-state index is 12.6. The van der Waals surface area contributed by atoms with E-state index in [9.17, 15) is 4.79 Å². The largest absolute Gasteiger partial charge is 0.307 e. The molecule has 1 N–H and O–H groups in total. The van der Waals surface area contributed by atoms with E-state index in [4.69, 9.17) is 0 Å². The second-order valence-electron chi connectivity index (χ2n) is 6.16. The Morgan fingerprint density at radius 2 is 2.12 bits per heavy atom. The van der Waals surface area contributed by atoms with Crippen LogP contribution in [0, 0.1) is 13.8 Å². The molecule has 0 bridgehead atoms. The Balaban J connectivity index is 1.56. The van der Waals surface area contributed by atoms with E-state index in [1.54, 1.807) is 23.1 Å². The summed E-state index contributed by atoms with van der Waals surface area (Å²) in [5.74, 6) is 0.438. The van der Waals surface area contributed by atoms with Crippen LogP contribution in [-0.4, -0.2) is 25.0 Å². The number of aromatic nitrogens is 4. The molecule has 0 saturated carbocycles. The molecule has 0 aliphatic carbocycles. The monoisotopic (exact) mass is 363 g/mol. The summed E-state index contributed by atoms with van der Waals surface area (Å²) < 4.78 is 6.05. The smallest absolute Gasteiger partial charge is 0.258 e. The lowest BCUT2D eigenvalue weighted by molar-refractivity contribution is 0.102. The lowest BCUT2D eigenvalue weighted by Crippen LogP contribution is -2.16. The summed E-state index contributed by atoms with van der Waals surface area (Å²) in [5, 5.41) is 8.16. The second-order valence-corrected chi connectivity index (χ2v) is 6.91. The number of amides is 1. The average Bonchev–Trinajstić information content (AvgIpc) is 3.21. The van der Waals surface area contributed by atoms with Crippen LogP contribution in [-0.2, 0) is 6.54 Å². The molecule has 0 aliphatic rings. The van der Waals surface area contributed by atoms with E-state index in [2.05, 4.69) is 38.8 Å². The van der Waals surface area contributed by atoms with Gasteiger partial charge in [0.2, 0.25) is 0 Å². The molecular formula is C19H17N5OS. The molecule has 0 aliphatic heterocycles. The van der Waals surface area contributed by atoms with Gasteiger partial charge < -0.3 is 5.32 Å². The van der Waals surface area contributed by atoms with E-state index >= 15 is 0 Å². The summed E-state index contributed by atoms with van der Waals surface area (Å²) in [5.41, 5.74) is 3.72. The zero-order valence-corrected chi connectivity index (χ0v) is 15.2. The zero-order chi connectivity index (χ0) is 18.1. The Morgan fingerprint density at radius 3 is 2.96 bits per heavy atom. The third-order valence-corrected chi connectivity index (χ3v) is 5.01. The van der Waals surface area contributed by atoms with Gasteiger partial charge in [-0.25, -0.2) is 9.67 Å². The van der Waals surface area contributed by atoms with Gasteiger partial charge in [-0.3, -0.25) is 4.79 Å². The lowest BCUT2D eigenvalue weighted by atomic mass is 10.1. The summed E-state index contributed by atoms with van der Waals surface area (Å²) in [4.78, 5) is 17.8. The van der Waals surface area contributed by atoms with Gasteiger partial charge in [0.05, 0.1) is 24.0 Å². The predicted molar refractivity (Wildman–Crippen MR) is 103 cm³/mol. The van der Waals surface area contributed by atoms with Crippen molar-refractivity contribution in [3.63, 3.8) is 0 Å². The highest BCUT2D eigenvalue weighted by Crippen LogP contribution is 2.21. The van der Waals surface area contributed by atoms with Gasteiger partial charge in [0.1, 0.15) is 10.6 Å². The van der Waals surface area contributed by atoms with Crippen molar-refractivity contribution in [1.82, 2.24) is 19.1 Å². The number of carbonyl (C=O) groups excluding carboxylic acids is 1. The lowest BCUT2D eigenvalue weighted by Gasteiger charge is -2.10. The Morgan fingerprint density at radius 1 is 1.23 bits per heavy atom. The minimum absolute atomic E-state index is 0.212. The van der Waals surface area contributed by atoms with Crippen LogP contribution >= 0.6 is 11.5 Å². The molecule has 1 amide bonds. The minimum Gasteiger partial charge on any atom is -0.307 e. The van der Waals surface area contributed by atoms with Crippen molar-refractivity contribution < 1.29 is 4.79 Å². The van der Waals surface area contributed by atoms with Crippen LogP contribution in [0.3, 0.4) is 0 Å². The molecule has 4 rings (SSSR count). The van der Waals surface area contributed by atoms with Gasteiger partial charge in [-0.05, 0) is 37.0 Å². The van der Waals surface area contributed by atoms with Crippen molar-refractivity contribution in [2.24, 2.45) is 0 Å². The number of carbonyl (C=O) groups is 1. The molecule has 3 heterocycles. The Labute approximate surface area is 154 Å². The fraction of sp³-hybridized carbons (Fsp3) is 0.158. The predicted octanol–water partition coefficient (Wildman–Crippen LogP) is 3.81. The van der Waals surface area contributed by atoms with Gasteiger partial charge in [0.15, 0.2) is 0 Å². The summed E-state index contributed by atoms with van der Waals surface area (Å²) in [7, 11) is 0. The number of nitrogens with one attached hydrogen (secondary N) is 1. The number of fused-ring (bicyclic) bond motifs is 1. The first-order valence-electron chi connectivity index (χ1n) is 8.21. The molecule has 0 fully saturated rings. The van der Waals surface area contributed by atoms with Crippen molar-refractivity contribution in [1.29, 1.82) is 0 Å². The summed E-state index contributed by atoms with van der Waals surface area (Å²) in [6.45, 7) is 4.56. The first kappa shape index (κ1) is 16.4. The molecule has 0 spiro atoms. The third-order valence-electron chi connectivity index (χ3n) is 4.15. The number of hydrogen-bond acceptors (Lipinski definition) is 5. The quantitative estimate of drug-likeness (QED) is 0.598. The summed E-state index contributed by atoms with van der Waals surface area (Å²) in [6.07, 6.45) is 3.26. The number of anilines is 1. The number of pyridine rings is 1. The van der Waals surface area contributed by atoms with Crippen molar-refractivity contribution in [2.75, 3.05) is 5.32 Å². The summed E-state index contributed by atoms with van der Waals surface area (Å²) >= 11 is 1.34. The number of benzene rings is 1. The minimum atomic E-state index is -0.212. The highest BCUT2D eigenvalue weighted by atomic mass is 32.1. The maximum Gasteiger partial charge on any atom is 0.258 e. The van der Waals surface area contributed by atoms with Crippen LogP contribution in [0.1, 0.15) is 27.2 Å². The maximum absolute atomic E-state index is 12.6. The molecule has 6 nitrogen and oxygen atoms in total. The molecule has 0 radical (unpaired) electrons. The molecular weight excluding hydrogens is 346 g/mol. The van der Waals surface area contributed by atoms with Crippen LogP contribution in [0.2, 0.25) is 0 Å². The van der Waals surface area contributed by atoms with Gasteiger partial charge >= 0.3 is 0 Å². The highest BCUT2D eigenvalue weighted by molar-refractivity contribution is 7.12. The Bertz CT molecular complexity index is 1100. The van der Waals surface area contributed by atoms with Crippen molar-refractivity contribution >= 4 is 33.5 Å². The molecule has 3 aromatic heterocycles. The molecule has 7 heteroatoms. The van der Waals surface area contributed by atoms with Crippen LogP contribution in [0.15, 0.2) is 48.8 Å². The number of nitrogens with zero attached hydrogens (tertiary/aromatic N) is 4.